The van der Waals surface area contributed by atoms with E-state index in [0.717, 1.165) is 0 Å². The summed E-state index contributed by atoms with van der Waals surface area (Å²) in [4.78, 5) is 105. The highest BCUT2D eigenvalue weighted by molar-refractivity contribution is 6.06. The lowest BCUT2D eigenvalue weighted by Crippen LogP contribution is -2.44. The zero-order chi connectivity index (χ0) is 54.0. The molecule has 0 saturated heterocycles. The van der Waals surface area contributed by atoms with E-state index in [1.165, 1.54) is 82.9 Å². The molecule has 396 valence electrons. The molecular weight excluding hydrogens is 949 g/mol. The van der Waals surface area contributed by atoms with Crippen LogP contribution in [0.4, 0.5) is 17.1 Å². The van der Waals surface area contributed by atoms with Gasteiger partial charge in [0, 0.05) is 43.1 Å². The number of nitrogens with zero attached hydrogens (tertiary/aromatic N) is 3. The largest absolute Gasteiger partial charge is 0.496 e. The Hall–Kier alpha value is -8.84. The lowest BCUT2D eigenvalue weighted by Gasteiger charge is -2.21. The first kappa shape index (κ1) is 58.5. The Balaban J connectivity index is 1.86. The van der Waals surface area contributed by atoms with Crippen molar-refractivity contribution in [2.24, 2.45) is 55.1 Å². The minimum Gasteiger partial charge on any atom is -0.496 e. The number of methoxy groups -OCH3 is 3. The van der Waals surface area contributed by atoms with E-state index in [2.05, 4.69) is 46.9 Å². The number of aliphatic imine (C=N–C) groups is 3. The number of benzene rings is 3. The molecule has 0 bridgehead atoms. The van der Waals surface area contributed by atoms with Crippen LogP contribution in [0.5, 0.6) is 17.2 Å². The Morgan fingerprint density at radius 3 is 1.21 bits per heavy atom. The maximum atomic E-state index is 14.1. The quantitative estimate of drug-likeness (QED) is 0.0239. The van der Waals surface area contributed by atoms with Crippen molar-refractivity contribution >= 4 is 76.3 Å². The fourth-order valence-electron chi connectivity index (χ4n) is 6.95. The number of nitrogens with one attached hydrogen (secondary N) is 6. The van der Waals surface area contributed by atoms with Crippen molar-refractivity contribution in [3.63, 3.8) is 0 Å². The molecule has 7 amide bonds. The zero-order valence-electron chi connectivity index (χ0n) is 41.4. The summed E-state index contributed by atoms with van der Waals surface area (Å²) in [6.07, 6.45) is 3.09. The average Bonchev–Trinajstić information content (AvgIpc) is 3.34. The molecule has 20 N–H and O–H groups in total. The number of unbranched alkanes of at least 4 members (excludes halogenated alkanes) is 3. The van der Waals surface area contributed by atoms with Crippen LogP contribution in [0.25, 0.3) is 0 Å². The summed E-state index contributed by atoms with van der Waals surface area (Å²) in [6.45, 7) is 2.38. The third-order valence-electron chi connectivity index (χ3n) is 10.7. The molecule has 0 radical (unpaired) electrons. The molecule has 3 atom stereocenters. The van der Waals surface area contributed by atoms with Crippen molar-refractivity contribution in [3.05, 3.63) is 71.3 Å². The number of ether oxygens (including phenoxy) is 3. The van der Waals surface area contributed by atoms with E-state index in [0.29, 0.717) is 45.1 Å². The van der Waals surface area contributed by atoms with Crippen molar-refractivity contribution in [3.8, 4) is 17.2 Å². The molecule has 3 aromatic rings. The second-order valence-corrected chi connectivity index (χ2v) is 16.3. The number of carbonyl (C=O) groups excluding carboxylic acids is 7. The lowest BCUT2D eigenvalue weighted by molar-refractivity contribution is -0.126. The van der Waals surface area contributed by atoms with Gasteiger partial charge in [-0.25, -0.2) is 0 Å². The molecule has 0 aromatic heterocycles. The first-order chi connectivity index (χ1) is 34.8. The summed E-state index contributed by atoms with van der Waals surface area (Å²) < 4.78 is 16.1. The van der Waals surface area contributed by atoms with E-state index in [1.54, 1.807) is 0 Å². The first-order valence-corrected chi connectivity index (χ1v) is 23.1. The van der Waals surface area contributed by atoms with E-state index in [9.17, 15) is 33.6 Å². The number of amides is 7. The summed E-state index contributed by atoms with van der Waals surface area (Å²) >= 11 is 0. The van der Waals surface area contributed by atoms with Gasteiger partial charge in [0.15, 0.2) is 17.9 Å². The number of anilines is 3. The standard InChI is InChI=1S/C47H68N16O10/c1-26(58-38(64)13-7-10-22-57-47(53)54)40(66)59-28-15-18-36(72-3)31(24-28)41(67)63-34(12-6-9-21-56-46(51)52)44(70)61-29-16-19-37(73-4)32(25-29)42(68)62-33(11-5-8-20-55-45(49)50)43(69)60-27-14-17-35(71-2)30(23-27)39(48)65/h14-19,23-26,33-34H,5-13,20-22H2,1-4H3,(H2,48,65)(H,58,64)(H,59,66)(H,60,69)(H,61,70)(H,62,68)(H,63,67)(H4,49,50,55)(H4,51,52,56)(H4,53,54,57)/t26-,33-,34-/m0/s1. The van der Waals surface area contributed by atoms with E-state index in [-0.39, 0.29) is 107 Å². The minimum absolute atomic E-state index is 0.0179. The van der Waals surface area contributed by atoms with E-state index >= 15 is 0 Å². The topological polar surface area (TPSA) is 439 Å². The van der Waals surface area contributed by atoms with Gasteiger partial charge in [0.05, 0.1) is 38.0 Å². The SMILES string of the molecule is COc1ccc(NC(=O)[C@H](CCCCN=C(N)N)NC(=O)c2cc(NC(=O)[C@H](CCCCN=C(N)N)NC(=O)c3cc(NC(=O)[C@H](C)NC(=O)CCCCN=C(N)N)ccc3OC)ccc2OC)cc1C(N)=O. The van der Waals surface area contributed by atoms with E-state index in [1.807, 2.05) is 0 Å². The maximum absolute atomic E-state index is 14.1. The van der Waals surface area contributed by atoms with Crippen LogP contribution in [-0.4, -0.2) is 118 Å². The van der Waals surface area contributed by atoms with Crippen molar-refractivity contribution in [2.75, 3.05) is 56.9 Å². The summed E-state index contributed by atoms with van der Waals surface area (Å²) in [6, 6.07) is 9.59. The molecular formula is C47H68N16O10. The van der Waals surface area contributed by atoms with Gasteiger partial charge >= 0.3 is 0 Å². The highest BCUT2D eigenvalue weighted by Crippen LogP contribution is 2.27. The predicted molar refractivity (Wildman–Crippen MR) is 277 cm³/mol. The molecule has 73 heavy (non-hydrogen) atoms. The third-order valence-corrected chi connectivity index (χ3v) is 10.7. The fraction of sp³-hybridized carbons (Fsp3) is 0.404. The second-order valence-electron chi connectivity index (χ2n) is 16.3. The highest BCUT2D eigenvalue weighted by Gasteiger charge is 2.27. The van der Waals surface area contributed by atoms with E-state index in [4.69, 9.17) is 54.3 Å². The predicted octanol–water partition coefficient (Wildman–Crippen LogP) is 0.0598. The normalized spacial score (nSPS) is 11.7. The van der Waals surface area contributed by atoms with Gasteiger partial charge < -0.3 is 86.2 Å². The van der Waals surface area contributed by atoms with E-state index < -0.39 is 53.6 Å². The van der Waals surface area contributed by atoms with Crippen molar-refractivity contribution in [1.82, 2.24) is 16.0 Å². The Morgan fingerprint density at radius 1 is 0.479 bits per heavy atom. The molecule has 0 aliphatic carbocycles. The van der Waals surface area contributed by atoms with Gasteiger partial charge in [0.1, 0.15) is 35.4 Å². The Kier molecular flexibility index (Phi) is 24.0. The molecule has 0 saturated carbocycles. The van der Waals surface area contributed by atoms with Crippen LogP contribution in [0, 0.1) is 0 Å². The Labute approximate surface area is 422 Å². The second kappa shape index (κ2) is 30.0. The molecule has 3 aromatic carbocycles. The highest BCUT2D eigenvalue weighted by atomic mass is 16.5. The molecule has 3 rings (SSSR count). The molecule has 0 spiro atoms. The number of hydrogen-bond acceptors (Lipinski definition) is 13. The van der Waals surface area contributed by atoms with Gasteiger partial charge in [0.2, 0.25) is 23.6 Å². The van der Waals surface area contributed by atoms with Crippen molar-refractivity contribution < 1.29 is 47.8 Å². The van der Waals surface area contributed by atoms with Crippen LogP contribution in [0.15, 0.2) is 69.6 Å². The van der Waals surface area contributed by atoms with Crippen LogP contribution in [-0.2, 0) is 19.2 Å². The van der Waals surface area contributed by atoms with Crippen LogP contribution < -0.4 is 86.2 Å². The number of hydrogen-bond donors (Lipinski definition) is 13. The maximum Gasteiger partial charge on any atom is 0.255 e. The van der Waals surface area contributed by atoms with Crippen LogP contribution >= 0.6 is 0 Å². The average molecular weight is 1020 g/mol. The van der Waals surface area contributed by atoms with Crippen molar-refractivity contribution in [2.45, 2.75) is 82.8 Å². The zero-order valence-corrected chi connectivity index (χ0v) is 41.4. The van der Waals surface area contributed by atoms with Crippen molar-refractivity contribution in [1.29, 1.82) is 0 Å². The fourth-order valence-corrected chi connectivity index (χ4v) is 6.95. The van der Waals surface area contributed by atoms with Gasteiger partial charge in [-0.3, -0.25) is 48.5 Å². The molecule has 0 aliphatic heterocycles. The lowest BCUT2D eigenvalue weighted by atomic mass is 10.1. The molecule has 26 nitrogen and oxygen atoms in total. The molecule has 0 aliphatic rings. The van der Waals surface area contributed by atoms with Gasteiger partial charge in [0.25, 0.3) is 17.7 Å². The molecule has 0 fully saturated rings. The minimum atomic E-state index is -1.19. The Morgan fingerprint density at radius 2 is 0.836 bits per heavy atom. The van der Waals surface area contributed by atoms with Gasteiger partial charge in [-0.1, -0.05) is 0 Å². The number of primary amides is 1. The summed E-state index contributed by atoms with van der Waals surface area (Å²) in [5.41, 5.74) is 38.5. The summed E-state index contributed by atoms with van der Waals surface area (Å²) in [7, 11) is 4.04. The first-order valence-electron chi connectivity index (χ1n) is 23.1. The van der Waals surface area contributed by atoms with Gasteiger partial charge in [-0.05, 0) is 113 Å². The number of rotatable bonds is 30. The monoisotopic (exact) mass is 1020 g/mol. The molecule has 0 unspecified atom stereocenters. The molecule has 26 heteroatoms. The van der Waals surface area contributed by atoms with Crippen LogP contribution in [0.1, 0.15) is 95.8 Å². The third kappa shape index (κ3) is 20.2. The summed E-state index contributed by atoms with van der Waals surface area (Å²) in [5.74, 6) is -4.35. The van der Waals surface area contributed by atoms with Gasteiger partial charge in [-0.15, -0.1) is 0 Å². The van der Waals surface area contributed by atoms with Gasteiger partial charge in [-0.2, -0.15) is 0 Å². The number of carbonyl (C=O) groups is 7. The molecule has 0 heterocycles. The Bertz CT molecular complexity index is 2510. The van der Waals surface area contributed by atoms with Crippen LogP contribution in [0.3, 0.4) is 0 Å². The van der Waals surface area contributed by atoms with Crippen LogP contribution in [0.2, 0.25) is 0 Å². The number of nitrogens with two attached hydrogens (primary N) is 7. The smallest absolute Gasteiger partial charge is 0.255 e. The number of guanidine groups is 3. The summed E-state index contributed by atoms with van der Waals surface area (Å²) in [5, 5.41) is 16.3.